The number of pyridine rings is 3. The molecule has 3 aromatic heterocycles. The SMILES string of the molecule is c1ccc(-c2ccccn2)cc1.c1ccc(-c2ccccn2)cc1.c1ccc(-c2ccccn2)cc1. The van der Waals surface area contributed by atoms with E-state index in [2.05, 4.69) is 51.4 Å². The van der Waals surface area contributed by atoms with Gasteiger partial charge >= 0.3 is 0 Å². The largest absolute Gasteiger partial charge is 0.256 e. The lowest BCUT2D eigenvalue weighted by Crippen LogP contribution is -1.79. The molecule has 0 radical (unpaired) electrons. The fourth-order valence-electron chi connectivity index (χ4n) is 3.43. The zero-order chi connectivity index (χ0) is 24.7. The molecule has 0 spiro atoms. The van der Waals surface area contributed by atoms with Gasteiger partial charge in [0.05, 0.1) is 17.1 Å². The van der Waals surface area contributed by atoms with Crippen molar-refractivity contribution in [3.63, 3.8) is 0 Å². The molecule has 0 aliphatic rings. The Morgan fingerprint density at radius 1 is 0.250 bits per heavy atom. The Bertz CT molecular complexity index is 1090. The summed E-state index contributed by atoms with van der Waals surface area (Å²) in [4.78, 5) is 12.7. The van der Waals surface area contributed by atoms with Crippen molar-refractivity contribution in [3.05, 3.63) is 164 Å². The molecule has 0 fully saturated rings. The Morgan fingerprint density at radius 3 is 0.722 bits per heavy atom. The molecule has 0 atom stereocenters. The van der Waals surface area contributed by atoms with Crippen molar-refractivity contribution < 1.29 is 0 Å². The first-order valence-electron chi connectivity index (χ1n) is 11.8. The molecule has 0 N–H and O–H groups in total. The molecule has 0 saturated carbocycles. The first-order valence-corrected chi connectivity index (χ1v) is 11.8. The van der Waals surface area contributed by atoms with Crippen molar-refractivity contribution in [2.45, 2.75) is 0 Å². The third-order valence-corrected chi connectivity index (χ3v) is 5.20. The molecular weight excluding hydrogens is 438 g/mol. The van der Waals surface area contributed by atoms with Crippen molar-refractivity contribution in [2.75, 3.05) is 0 Å². The number of benzene rings is 3. The van der Waals surface area contributed by atoms with Crippen LogP contribution in [0.15, 0.2) is 164 Å². The van der Waals surface area contributed by atoms with Crippen LogP contribution in [0.5, 0.6) is 0 Å². The van der Waals surface area contributed by atoms with Crippen molar-refractivity contribution in [2.24, 2.45) is 0 Å². The first-order chi connectivity index (χ1) is 17.9. The topological polar surface area (TPSA) is 38.7 Å². The molecule has 0 aliphatic heterocycles. The minimum Gasteiger partial charge on any atom is -0.256 e. The van der Waals surface area contributed by atoms with Crippen LogP contribution >= 0.6 is 0 Å². The van der Waals surface area contributed by atoms with Crippen LogP contribution < -0.4 is 0 Å². The van der Waals surface area contributed by atoms with E-state index in [0.29, 0.717) is 0 Å². The summed E-state index contributed by atoms with van der Waals surface area (Å²) >= 11 is 0. The number of nitrogens with zero attached hydrogens (tertiary/aromatic N) is 3. The van der Waals surface area contributed by atoms with Gasteiger partial charge in [-0.2, -0.15) is 0 Å². The summed E-state index contributed by atoms with van der Waals surface area (Å²) in [6.45, 7) is 0. The summed E-state index contributed by atoms with van der Waals surface area (Å²) in [6, 6.07) is 48.3. The summed E-state index contributed by atoms with van der Waals surface area (Å²) < 4.78 is 0. The summed E-state index contributed by atoms with van der Waals surface area (Å²) in [5.41, 5.74) is 6.57. The lowest BCUT2D eigenvalue weighted by molar-refractivity contribution is 1.33. The molecule has 6 aromatic rings. The van der Waals surface area contributed by atoms with E-state index < -0.39 is 0 Å². The number of aromatic nitrogens is 3. The second-order valence-electron chi connectivity index (χ2n) is 7.74. The third-order valence-electron chi connectivity index (χ3n) is 5.20. The molecule has 0 saturated heterocycles. The standard InChI is InChI=1S/3C11H9N/c3*1-2-6-10(7-3-1)11-8-4-5-9-12-11/h3*1-9H. The molecule has 0 amide bonds. The maximum absolute atomic E-state index is 4.25. The average Bonchev–Trinajstić information content (AvgIpc) is 3.01. The fourth-order valence-corrected chi connectivity index (χ4v) is 3.43. The monoisotopic (exact) mass is 465 g/mol. The van der Waals surface area contributed by atoms with E-state index in [4.69, 9.17) is 0 Å². The van der Waals surface area contributed by atoms with Gasteiger partial charge in [-0.15, -0.1) is 0 Å². The maximum atomic E-state index is 4.25. The number of rotatable bonds is 3. The van der Waals surface area contributed by atoms with E-state index in [0.717, 1.165) is 33.8 Å². The molecule has 174 valence electrons. The van der Waals surface area contributed by atoms with Gasteiger partial charge in [0.25, 0.3) is 0 Å². The molecule has 3 heterocycles. The van der Waals surface area contributed by atoms with E-state index >= 15 is 0 Å². The van der Waals surface area contributed by atoms with Crippen LogP contribution in [0.25, 0.3) is 33.8 Å². The summed E-state index contributed by atoms with van der Waals surface area (Å²) in [7, 11) is 0. The first kappa shape index (κ1) is 24.2. The predicted molar refractivity (Wildman–Crippen MR) is 149 cm³/mol. The quantitative estimate of drug-likeness (QED) is 0.264. The van der Waals surface area contributed by atoms with Gasteiger partial charge in [-0.3, -0.25) is 15.0 Å². The van der Waals surface area contributed by atoms with E-state index in [1.54, 1.807) is 0 Å². The van der Waals surface area contributed by atoms with Crippen LogP contribution in [0, 0.1) is 0 Å². The minimum absolute atomic E-state index is 1.03. The summed E-state index contributed by atoms with van der Waals surface area (Å²) in [5, 5.41) is 0. The number of hydrogen-bond donors (Lipinski definition) is 0. The highest BCUT2D eigenvalue weighted by molar-refractivity contribution is 5.59. The van der Waals surface area contributed by atoms with Crippen molar-refractivity contribution in [3.8, 4) is 33.8 Å². The Morgan fingerprint density at radius 2 is 0.500 bits per heavy atom. The number of hydrogen-bond acceptors (Lipinski definition) is 3. The molecule has 6 rings (SSSR count). The zero-order valence-electron chi connectivity index (χ0n) is 19.9. The smallest absolute Gasteiger partial charge is 0.0701 e. The zero-order valence-corrected chi connectivity index (χ0v) is 19.9. The Hall–Kier alpha value is -4.89. The molecule has 0 unspecified atom stereocenters. The Kier molecular flexibility index (Phi) is 9.24. The second kappa shape index (κ2) is 13.7. The van der Waals surface area contributed by atoms with E-state index in [9.17, 15) is 0 Å². The molecule has 0 bridgehead atoms. The van der Waals surface area contributed by atoms with E-state index in [1.807, 2.05) is 128 Å². The normalized spacial score (nSPS) is 9.67. The van der Waals surface area contributed by atoms with E-state index in [1.165, 1.54) is 0 Å². The van der Waals surface area contributed by atoms with Gasteiger partial charge in [0, 0.05) is 35.3 Å². The molecule has 3 nitrogen and oxygen atoms in total. The van der Waals surface area contributed by atoms with Crippen LogP contribution in [0.1, 0.15) is 0 Å². The van der Waals surface area contributed by atoms with Gasteiger partial charge in [-0.05, 0) is 36.4 Å². The van der Waals surface area contributed by atoms with Gasteiger partial charge < -0.3 is 0 Å². The van der Waals surface area contributed by atoms with Gasteiger partial charge in [-0.25, -0.2) is 0 Å². The van der Waals surface area contributed by atoms with Crippen LogP contribution in [0.2, 0.25) is 0 Å². The molecule has 0 aliphatic carbocycles. The molecular formula is C33H27N3. The molecule has 36 heavy (non-hydrogen) atoms. The van der Waals surface area contributed by atoms with Crippen LogP contribution in [-0.2, 0) is 0 Å². The van der Waals surface area contributed by atoms with Gasteiger partial charge in [-0.1, -0.05) is 109 Å². The average molecular weight is 466 g/mol. The van der Waals surface area contributed by atoms with Gasteiger partial charge in [0.15, 0.2) is 0 Å². The third kappa shape index (κ3) is 7.57. The highest BCUT2D eigenvalue weighted by Crippen LogP contribution is 2.16. The Labute approximate surface area is 212 Å². The van der Waals surface area contributed by atoms with Crippen molar-refractivity contribution >= 4 is 0 Å². The van der Waals surface area contributed by atoms with Crippen LogP contribution in [0.3, 0.4) is 0 Å². The van der Waals surface area contributed by atoms with E-state index in [-0.39, 0.29) is 0 Å². The van der Waals surface area contributed by atoms with Gasteiger partial charge in [0.2, 0.25) is 0 Å². The summed E-state index contributed by atoms with van der Waals surface area (Å²) in [5.74, 6) is 0. The van der Waals surface area contributed by atoms with Crippen LogP contribution in [-0.4, -0.2) is 15.0 Å². The lowest BCUT2D eigenvalue weighted by Gasteiger charge is -1.97. The molecule has 3 aromatic carbocycles. The van der Waals surface area contributed by atoms with Crippen LogP contribution in [0.4, 0.5) is 0 Å². The highest BCUT2D eigenvalue weighted by Gasteiger charge is 1.95. The van der Waals surface area contributed by atoms with Gasteiger partial charge in [0.1, 0.15) is 0 Å². The predicted octanol–water partition coefficient (Wildman–Crippen LogP) is 8.25. The Balaban J connectivity index is 0.000000127. The van der Waals surface area contributed by atoms with Crippen molar-refractivity contribution in [1.82, 2.24) is 15.0 Å². The highest BCUT2D eigenvalue weighted by atomic mass is 14.7. The summed E-state index contributed by atoms with van der Waals surface area (Å²) in [6.07, 6.45) is 5.42. The lowest BCUT2D eigenvalue weighted by atomic mass is 10.1. The molecule has 3 heteroatoms. The van der Waals surface area contributed by atoms with Crippen molar-refractivity contribution in [1.29, 1.82) is 0 Å². The second-order valence-corrected chi connectivity index (χ2v) is 7.74. The maximum Gasteiger partial charge on any atom is 0.0701 e. The minimum atomic E-state index is 1.03. The fraction of sp³-hybridized carbons (Fsp3) is 0.